The topological polar surface area (TPSA) is 29.5 Å². The van der Waals surface area contributed by atoms with Gasteiger partial charge >= 0.3 is 0 Å². The molecular weight excluding hydrogens is 875 g/mol. The second-order valence-corrected chi connectivity index (χ2v) is 19.1. The molecule has 0 saturated carbocycles. The van der Waals surface area contributed by atoms with Crippen LogP contribution < -0.4 is 4.90 Å². The van der Waals surface area contributed by atoms with Gasteiger partial charge < -0.3 is 13.7 Å². The number of benzene rings is 12. The maximum absolute atomic E-state index is 6.99. The fraction of sp³-hybridized carbons (Fsp3) is 0.0145. The number of furan rings is 2. The lowest BCUT2D eigenvalue weighted by Crippen LogP contribution is -2.28. The van der Waals surface area contributed by atoms with Crippen LogP contribution in [0.5, 0.6) is 0 Å². The summed E-state index contributed by atoms with van der Waals surface area (Å²) in [6.07, 6.45) is 0. The lowest BCUT2D eigenvalue weighted by Gasteiger charge is -2.34. The molecule has 1 aliphatic rings. The average Bonchev–Trinajstić information content (AvgIpc) is 4.13. The molecule has 3 nitrogen and oxygen atoms in total. The molecule has 336 valence electrons. The van der Waals surface area contributed by atoms with E-state index < -0.39 is 5.41 Å². The first kappa shape index (κ1) is 40.4. The molecule has 0 fully saturated rings. The van der Waals surface area contributed by atoms with Gasteiger partial charge in [-0.05, 0) is 109 Å². The van der Waals surface area contributed by atoms with E-state index in [0.29, 0.717) is 0 Å². The van der Waals surface area contributed by atoms with Gasteiger partial charge in [0.1, 0.15) is 22.3 Å². The van der Waals surface area contributed by atoms with Crippen molar-refractivity contribution in [3.63, 3.8) is 0 Å². The van der Waals surface area contributed by atoms with Gasteiger partial charge in [-0.1, -0.05) is 212 Å². The summed E-state index contributed by atoms with van der Waals surface area (Å²) in [6, 6.07) is 94.6. The number of hydrogen-bond acceptors (Lipinski definition) is 3. The van der Waals surface area contributed by atoms with Crippen molar-refractivity contribution in [3.8, 4) is 33.4 Å². The summed E-state index contributed by atoms with van der Waals surface area (Å²) in [5, 5.41) is 9.22. The standard InChI is InChI=1S/C69H43NO2/c1-2-15-48(16-3-1)69(62-25-9-6-18-56(62)57-19-7-10-26-63(57)69)49-35-41-52(42-36-49)70(50-37-30-45(31-38-50)54-21-12-23-59-58-20-8-11-27-64(58)71-66(54)59)51-39-32-46(33-40-51)55-22-13-24-60-61-43-34-47-29-28-44-14-4-5-17-53(44)65(47)68(61)72-67(55)60/h1-43H. The molecule has 0 unspecified atom stereocenters. The molecule has 2 heterocycles. The lowest BCUT2D eigenvalue weighted by atomic mass is 9.68. The molecular formula is C69H43NO2. The van der Waals surface area contributed by atoms with Gasteiger partial charge in [0.2, 0.25) is 0 Å². The summed E-state index contributed by atoms with van der Waals surface area (Å²) >= 11 is 0. The Bertz CT molecular complexity index is 4380. The average molecular weight is 918 g/mol. The van der Waals surface area contributed by atoms with E-state index in [0.717, 1.165) is 88.6 Å². The minimum Gasteiger partial charge on any atom is -0.455 e. The van der Waals surface area contributed by atoms with Gasteiger partial charge in [-0.25, -0.2) is 0 Å². The van der Waals surface area contributed by atoms with E-state index >= 15 is 0 Å². The zero-order valence-electron chi connectivity index (χ0n) is 39.1. The minimum absolute atomic E-state index is 0.490. The first-order valence-electron chi connectivity index (χ1n) is 24.7. The van der Waals surface area contributed by atoms with Crippen molar-refractivity contribution in [2.45, 2.75) is 5.41 Å². The fourth-order valence-electron chi connectivity index (χ4n) is 12.1. The van der Waals surface area contributed by atoms with Gasteiger partial charge in [-0.2, -0.15) is 0 Å². The molecule has 0 amide bonds. The van der Waals surface area contributed by atoms with E-state index in [2.05, 4.69) is 254 Å². The van der Waals surface area contributed by atoms with Crippen LogP contribution >= 0.6 is 0 Å². The summed E-state index contributed by atoms with van der Waals surface area (Å²) in [4.78, 5) is 2.36. The molecule has 0 atom stereocenters. The van der Waals surface area contributed by atoms with Crippen LogP contribution in [0.4, 0.5) is 17.1 Å². The molecule has 0 radical (unpaired) electrons. The SMILES string of the molecule is c1ccc(C2(c3ccc(N(c4ccc(-c5cccc6c5oc5ccccc56)cc4)c4ccc(-c5cccc6c5oc5c6ccc6ccc7ccccc7c65)cc4)cc3)c3ccccc3-c3ccccc32)cc1. The van der Waals surface area contributed by atoms with Crippen molar-refractivity contribution in [2.24, 2.45) is 0 Å². The fourth-order valence-corrected chi connectivity index (χ4v) is 12.1. The van der Waals surface area contributed by atoms with Gasteiger partial charge in [0.25, 0.3) is 0 Å². The summed E-state index contributed by atoms with van der Waals surface area (Å²) in [5.74, 6) is 0. The van der Waals surface area contributed by atoms with Crippen LogP contribution in [-0.2, 0) is 5.41 Å². The molecule has 0 aliphatic heterocycles. The Balaban J connectivity index is 0.872. The summed E-state index contributed by atoms with van der Waals surface area (Å²) in [7, 11) is 0. The van der Waals surface area contributed by atoms with E-state index in [9.17, 15) is 0 Å². The molecule has 15 rings (SSSR count). The van der Waals surface area contributed by atoms with Crippen molar-refractivity contribution in [3.05, 3.63) is 283 Å². The zero-order valence-corrected chi connectivity index (χ0v) is 39.1. The van der Waals surface area contributed by atoms with Crippen molar-refractivity contribution in [2.75, 3.05) is 4.90 Å². The molecule has 0 bridgehead atoms. The van der Waals surface area contributed by atoms with Gasteiger partial charge in [-0.3, -0.25) is 0 Å². The first-order valence-corrected chi connectivity index (χ1v) is 24.7. The summed E-state index contributed by atoms with van der Waals surface area (Å²) in [5.41, 5.74) is 18.2. The van der Waals surface area contributed by atoms with Crippen LogP contribution in [0, 0.1) is 0 Å². The molecule has 0 saturated heterocycles. The normalized spacial score (nSPS) is 12.8. The Kier molecular flexibility index (Phi) is 8.87. The van der Waals surface area contributed by atoms with Crippen LogP contribution in [0.3, 0.4) is 0 Å². The Morgan fingerprint density at radius 3 is 1.40 bits per heavy atom. The van der Waals surface area contributed by atoms with E-state index in [-0.39, 0.29) is 0 Å². The Hall–Kier alpha value is -9.44. The smallest absolute Gasteiger partial charge is 0.143 e. The Labute approximate surface area is 416 Å². The largest absolute Gasteiger partial charge is 0.455 e. The molecule has 0 spiro atoms. The molecule has 14 aromatic rings. The third kappa shape index (κ3) is 5.92. The van der Waals surface area contributed by atoms with Crippen LogP contribution in [0.15, 0.2) is 270 Å². The van der Waals surface area contributed by atoms with Gasteiger partial charge in [0.15, 0.2) is 0 Å². The van der Waals surface area contributed by atoms with E-state index in [1.54, 1.807) is 0 Å². The molecule has 12 aromatic carbocycles. The molecule has 1 aliphatic carbocycles. The third-order valence-electron chi connectivity index (χ3n) is 15.4. The van der Waals surface area contributed by atoms with E-state index in [1.807, 2.05) is 12.1 Å². The van der Waals surface area contributed by atoms with Crippen LogP contribution in [0.25, 0.3) is 98.8 Å². The van der Waals surface area contributed by atoms with Crippen molar-refractivity contribution < 1.29 is 8.83 Å². The number of anilines is 3. The highest BCUT2D eigenvalue weighted by Gasteiger charge is 2.45. The number of rotatable bonds is 7. The van der Waals surface area contributed by atoms with Crippen LogP contribution in [0.1, 0.15) is 22.3 Å². The maximum Gasteiger partial charge on any atom is 0.143 e. The van der Waals surface area contributed by atoms with Crippen molar-refractivity contribution in [1.82, 2.24) is 0 Å². The lowest BCUT2D eigenvalue weighted by molar-refractivity contribution is 0.670. The predicted octanol–water partition coefficient (Wildman–Crippen LogP) is 19.0. The number of para-hydroxylation sites is 3. The van der Waals surface area contributed by atoms with Crippen molar-refractivity contribution >= 4 is 82.5 Å². The van der Waals surface area contributed by atoms with Crippen LogP contribution in [0.2, 0.25) is 0 Å². The Morgan fingerprint density at radius 1 is 0.278 bits per heavy atom. The second kappa shape index (κ2) is 15.8. The Morgan fingerprint density at radius 2 is 0.736 bits per heavy atom. The summed E-state index contributed by atoms with van der Waals surface area (Å²) in [6.45, 7) is 0. The quantitative estimate of drug-likeness (QED) is 0.149. The molecule has 72 heavy (non-hydrogen) atoms. The monoisotopic (exact) mass is 917 g/mol. The van der Waals surface area contributed by atoms with Gasteiger partial charge in [0.05, 0.1) is 5.41 Å². The van der Waals surface area contributed by atoms with Gasteiger partial charge in [0, 0.05) is 55.1 Å². The number of fused-ring (bicyclic) bond motifs is 13. The minimum atomic E-state index is -0.490. The van der Waals surface area contributed by atoms with Gasteiger partial charge in [-0.15, -0.1) is 0 Å². The maximum atomic E-state index is 6.99. The highest BCUT2D eigenvalue weighted by Crippen LogP contribution is 2.56. The predicted molar refractivity (Wildman–Crippen MR) is 299 cm³/mol. The molecule has 2 aromatic heterocycles. The second-order valence-electron chi connectivity index (χ2n) is 19.1. The van der Waals surface area contributed by atoms with Crippen LogP contribution in [-0.4, -0.2) is 0 Å². The molecule has 3 heteroatoms. The number of hydrogen-bond donors (Lipinski definition) is 0. The van der Waals surface area contributed by atoms with E-state index in [1.165, 1.54) is 49.5 Å². The summed E-state index contributed by atoms with van der Waals surface area (Å²) < 4.78 is 13.5. The van der Waals surface area contributed by atoms with E-state index in [4.69, 9.17) is 8.83 Å². The third-order valence-corrected chi connectivity index (χ3v) is 15.4. The van der Waals surface area contributed by atoms with Crippen molar-refractivity contribution in [1.29, 1.82) is 0 Å². The highest BCUT2D eigenvalue weighted by atomic mass is 16.3. The number of nitrogens with zero attached hydrogens (tertiary/aromatic N) is 1. The zero-order chi connectivity index (χ0) is 47.3. The molecule has 0 N–H and O–H groups in total. The first-order chi connectivity index (χ1) is 35.7. The highest BCUT2D eigenvalue weighted by molar-refractivity contribution is 6.24.